The molecule has 4 aromatic rings. The molecule has 1 amide bonds. The van der Waals surface area contributed by atoms with Gasteiger partial charge in [-0.25, -0.2) is 4.68 Å². The van der Waals surface area contributed by atoms with Crippen LogP contribution in [0.3, 0.4) is 0 Å². The van der Waals surface area contributed by atoms with Gasteiger partial charge < -0.3 is 5.32 Å². The molecule has 2 heterocycles. The van der Waals surface area contributed by atoms with Crippen LogP contribution in [0.25, 0.3) is 16.9 Å². The lowest BCUT2D eigenvalue weighted by molar-refractivity contribution is 0.102. The first kappa shape index (κ1) is 17.7. The zero-order chi connectivity index (χ0) is 19.5. The summed E-state index contributed by atoms with van der Waals surface area (Å²) >= 11 is 0. The maximum atomic E-state index is 13.0. The molecular weight excluding hydrogens is 350 g/mol. The van der Waals surface area contributed by atoms with Crippen LogP contribution in [0.2, 0.25) is 0 Å². The van der Waals surface area contributed by atoms with Crippen molar-refractivity contribution in [1.82, 2.24) is 20.0 Å². The van der Waals surface area contributed by atoms with Crippen molar-refractivity contribution in [3.8, 4) is 16.9 Å². The predicted octanol–water partition coefficient (Wildman–Crippen LogP) is 4.64. The molecule has 0 aliphatic heterocycles. The fourth-order valence-electron chi connectivity index (χ4n) is 2.94. The predicted molar refractivity (Wildman–Crippen MR) is 110 cm³/mol. The number of nitrogens with zero attached hydrogens (tertiary/aromatic N) is 3. The molecule has 0 saturated heterocycles. The SMILES string of the molecule is CC(C)c1cc(NC(=O)c2cn(-c3ccccc3)nc2-c2ccccc2)n[nH]1. The van der Waals surface area contributed by atoms with E-state index < -0.39 is 0 Å². The number of para-hydroxylation sites is 1. The van der Waals surface area contributed by atoms with Crippen molar-refractivity contribution in [2.24, 2.45) is 0 Å². The van der Waals surface area contributed by atoms with Crippen molar-refractivity contribution in [2.75, 3.05) is 5.32 Å². The van der Waals surface area contributed by atoms with E-state index in [0.29, 0.717) is 23.0 Å². The number of H-pyrrole nitrogens is 1. The summed E-state index contributed by atoms with van der Waals surface area (Å²) < 4.78 is 1.72. The van der Waals surface area contributed by atoms with E-state index >= 15 is 0 Å². The van der Waals surface area contributed by atoms with E-state index in [2.05, 4.69) is 34.5 Å². The molecule has 2 N–H and O–H groups in total. The summed E-state index contributed by atoms with van der Waals surface area (Å²) in [6.45, 7) is 4.13. The third-order valence-electron chi connectivity index (χ3n) is 4.49. The minimum Gasteiger partial charge on any atom is -0.305 e. The Morgan fingerprint density at radius 1 is 1.04 bits per heavy atom. The van der Waals surface area contributed by atoms with Gasteiger partial charge in [-0.2, -0.15) is 10.2 Å². The molecular formula is C22H21N5O. The Morgan fingerprint density at radius 3 is 2.36 bits per heavy atom. The van der Waals surface area contributed by atoms with Crippen LogP contribution < -0.4 is 5.32 Å². The van der Waals surface area contributed by atoms with Gasteiger partial charge in [0.1, 0.15) is 5.69 Å². The molecule has 0 bridgehead atoms. The average molecular weight is 371 g/mol. The highest BCUT2D eigenvalue weighted by atomic mass is 16.1. The zero-order valence-electron chi connectivity index (χ0n) is 15.8. The molecule has 0 saturated carbocycles. The van der Waals surface area contributed by atoms with Crippen molar-refractivity contribution in [1.29, 1.82) is 0 Å². The number of benzene rings is 2. The van der Waals surface area contributed by atoms with Gasteiger partial charge >= 0.3 is 0 Å². The number of aromatic amines is 1. The maximum absolute atomic E-state index is 13.0. The Labute approximate surface area is 163 Å². The molecule has 0 atom stereocenters. The van der Waals surface area contributed by atoms with Gasteiger partial charge in [-0.3, -0.25) is 9.89 Å². The van der Waals surface area contributed by atoms with E-state index in [1.165, 1.54) is 0 Å². The summed E-state index contributed by atoms with van der Waals surface area (Å²) in [6.07, 6.45) is 1.75. The van der Waals surface area contributed by atoms with Gasteiger partial charge in [0.05, 0.1) is 11.3 Å². The molecule has 2 aromatic heterocycles. The van der Waals surface area contributed by atoms with Crippen LogP contribution in [0.5, 0.6) is 0 Å². The lowest BCUT2D eigenvalue weighted by atomic mass is 10.1. The normalized spacial score (nSPS) is 11.0. The molecule has 0 aliphatic carbocycles. The number of hydrogen-bond donors (Lipinski definition) is 2. The van der Waals surface area contributed by atoms with Gasteiger partial charge in [0.15, 0.2) is 5.82 Å². The molecule has 0 fully saturated rings. The minimum absolute atomic E-state index is 0.247. The molecule has 0 unspecified atom stereocenters. The van der Waals surface area contributed by atoms with Crippen molar-refractivity contribution in [3.63, 3.8) is 0 Å². The molecule has 2 aromatic carbocycles. The van der Waals surface area contributed by atoms with Gasteiger partial charge in [0, 0.05) is 23.5 Å². The number of nitrogens with one attached hydrogen (secondary N) is 2. The van der Waals surface area contributed by atoms with Crippen LogP contribution >= 0.6 is 0 Å². The Kier molecular flexibility index (Phi) is 4.76. The summed E-state index contributed by atoms with van der Waals surface area (Å²) in [7, 11) is 0. The Bertz CT molecular complexity index is 1080. The summed E-state index contributed by atoms with van der Waals surface area (Å²) in [5, 5.41) is 14.7. The van der Waals surface area contributed by atoms with Crippen LogP contribution in [-0.4, -0.2) is 25.9 Å². The number of anilines is 1. The third-order valence-corrected chi connectivity index (χ3v) is 4.49. The van der Waals surface area contributed by atoms with Crippen molar-refractivity contribution < 1.29 is 4.79 Å². The fourth-order valence-corrected chi connectivity index (χ4v) is 2.94. The molecule has 6 nitrogen and oxygen atoms in total. The lowest BCUT2D eigenvalue weighted by Gasteiger charge is -2.02. The summed E-state index contributed by atoms with van der Waals surface area (Å²) in [5.41, 5.74) is 3.86. The van der Waals surface area contributed by atoms with Crippen molar-refractivity contribution in [3.05, 3.63) is 84.2 Å². The molecule has 0 spiro atoms. The van der Waals surface area contributed by atoms with E-state index in [1.807, 2.05) is 66.7 Å². The second-order valence-electron chi connectivity index (χ2n) is 6.85. The first-order valence-electron chi connectivity index (χ1n) is 9.19. The van der Waals surface area contributed by atoms with Gasteiger partial charge in [0.2, 0.25) is 0 Å². The van der Waals surface area contributed by atoms with E-state index in [4.69, 9.17) is 0 Å². The summed E-state index contributed by atoms with van der Waals surface area (Å²) in [5.74, 6) is 0.557. The number of carbonyl (C=O) groups is 1. The first-order valence-corrected chi connectivity index (χ1v) is 9.19. The lowest BCUT2D eigenvalue weighted by Crippen LogP contribution is -2.12. The monoisotopic (exact) mass is 371 g/mol. The second-order valence-corrected chi connectivity index (χ2v) is 6.85. The van der Waals surface area contributed by atoms with Crippen LogP contribution in [-0.2, 0) is 0 Å². The van der Waals surface area contributed by atoms with Crippen molar-refractivity contribution >= 4 is 11.7 Å². The zero-order valence-corrected chi connectivity index (χ0v) is 15.8. The largest absolute Gasteiger partial charge is 0.305 e. The average Bonchev–Trinajstić information content (AvgIpc) is 3.37. The third kappa shape index (κ3) is 3.57. The van der Waals surface area contributed by atoms with Gasteiger partial charge in [0.25, 0.3) is 5.91 Å². The van der Waals surface area contributed by atoms with E-state index in [9.17, 15) is 4.79 Å². The second kappa shape index (κ2) is 7.52. The Balaban J connectivity index is 1.71. The molecule has 28 heavy (non-hydrogen) atoms. The molecule has 6 heteroatoms. The van der Waals surface area contributed by atoms with Crippen molar-refractivity contribution in [2.45, 2.75) is 19.8 Å². The number of amides is 1. The van der Waals surface area contributed by atoms with Crippen LogP contribution in [0.4, 0.5) is 5.82 Å². The van der Waals surface area contributed by atoms with E-state index in [-0.39, 0.29) is 5.91 Å². The quantitative estimate of drug-likeness (QED) is 0.537. The van der Waals surface area contributed by atoms with Crippen LogP contribution in [0, 0.1) is 0 Å². The van der Waals surface area contributed by atoms with Crippen LogP contribution in [0.15, 0.2) is 72.9 Å². The first-order chi connectivity index (χ1) is 13.6. The fraction of sp³-hybridized carbons (Fsp3) is 0.136. The Hall–Kier alpha value is -3.67. The molecule has 0 aliphatic rings. The summed E-state index contributed by atoms with van der Waals surface area (Å²) in [4.78, 5) is 13.0. The Morgan fingerprint density at radius 2 is 1.71 bits per heavy atom. The molecule has 0 radical (unpaired) electrons. The topological polar surface area (TPSA) is 75.6 Å². The number of aromatic nitrogens is 4. The minimum atomic E-state index is -0.247. The molecule has 140 valence electrons. The molecule has 4 rings (SSSR count). The van der Waals surface area contributed by atoms with E-state index in [0.717, 1.165) is 16.9 Å². The van der Waals surface area contributed by atoms with Gasteiger partial charge in [-0.15, -0.1) is 0 Å². The van der Waals surface area contributed by atoms with Gasteiger partial charge in [-0.05, 0) is 18.1 Å². The highest BCUT2D eigenvalue weighted by molar-refractivity contribution is 6.07. The maximum Gasteiger partial charge on any atom is 0.260 e. The highest BCUT2D eigenvalue weighted by Gasteiger charge is 2.19. The van der Waals surface area contributed by atoms with Crippen LogP contribution in [0.1, 0.15) is 35.8 Å². The summed E-state index contributed by atoms with van der Waals surface area (Å²) in [6, 6.07) is 21.3. The highest BCUT2D eigenvalue weighted by Crippen LogP contribution is 2.25. The standard InChI is InChI=1S/C22H21N5O/c1-15(2)19-13-20(25-24-19)23-22(28)18-14-27(17-11-7-4-8-12-17)26-21(18)16-9-5-3-6-10-16/h3-15H,1-2H3,(H2,23,24,25,28). The number of carbonyl (C=O) groups excluding carboxylic acids is 1. The van der Waals surface area contributed by atoms with Gasteiger partial charge in [-0.1, -0.05) is 62.4 Å². The number of rotatable bonds is 5. The smallest absolute Gasteiger partial charge is 0.260 e. The van der Waals surface area contributed by atoms with E-state index in [1.54, 1.807) is 10.9 Å². The number of hydrogen-bond acceptors (Lipinski definition) is 3.